The molecule has 0 unspecified atom stereocenters. The first kappa shape index (κ1) is 13.0. The molecule has 2 rings (SSSR count). The van der Waals surface area contributed by atoms with Crippen LogP contribution in [0.2, 0.25) is 0 Å². The average molecular weight is 270 g/mol. The summed E-state index contributed by atoms with van der Waals surface area (Å²) in [4.78, 5) is 1.27. The van der Waals surface area contributed by atoms with Gasteiger partial charge in [-0.2, -0.15) is 0 Å². The summed E-state index contributed by atoms with van der Waals surface area (Å²) in [6.07, 6.45) is 4.84. The summed E-state index contributed by atoms with van der Waals surface area (Å²) in [7, 11) is -2.78. The normalized spacial score (nSPS) is 23.5. The lowest BCUT2D eigenvalue weighted by atomic mass is 9.96. The van der Waals surface area contributed by atoms with Crippen molar-refractivity contribution in [3.8, 4) is 0 Å². The number of rotatable bonds is 3. The number of thioether (sulfide) groups is 1. The van der Waals surface area contributed by atoms with Gasteiger partial charge in [-0.05, 0) is 43.1 Å². The second-order valence-electron chi connectivity index (χ2n) is 4.64. The van der Waals surface area contributed by atoms with Crippen molar-refractivity contribution in [2.75, 3.05) is 17.8 Å². The Hall–Kier alpha value is -0.480. The molecular formula is C13H18O2S2. The molecule has 4 heteroatoms. The molecule has 0 bridgehead atoms. The summed E-state index contributed by atoms with van der Waals surface area (Å²) in [5, 5.41) is 0. The SMILES string of the molecule is CSc1ccccc1C[C@@H]1CCCS(=O)(=O)C1. The predicted molar refractivity (Wildman–Crippen MR) is 73.3 cm³/mol. The smallest absolute Gasteiger partial charge is 0.150 e. The van der Waals surface area contributed by atoms with Crippen molar-refractivity contribution >= 4 is 21.6 Å². The van der Waals surface area contributed by atoms with E-state index in [2.05, 4.69) is 18.4 Å². The maximum absolute atomic E-state index is 11.6. The zero-order chi connectivity index (χ0) is 12.3. The van der Waals surface area contributed by atoms with E-state index in [0.29, 0.717) is 17.4 Å². The Morgan fingerprint density at radius 3 is 2.82 bits per heavy atom. The zero-order valence-corrected chi connectivity index (χ0v) is 11.7. The molecule has 2 nitrogen and oxygen atoms in total. The summed E-state index contributed by atoms with van der Waals surface area (Å²) in [5.74, 6) is 1.06. The molecule has 1 heterocycles. The molecule has 1 aromatic carbocycles. The Morgan fingerprint density at radius 2 is 2.12 bits per heavy atom. The molecule has 1 aliphatic rings. The molecule has 1 aliphatic heterocycles. The standard InChI is InChI=1S/C13H18O2S2/c1-16-13-7-3-2-6-12(13)9-11-5-4-8-17(14,15)10-11/h2-3,6-7,11H,4-5,8-10H2,1H3/t11-/m0/s1. The Morgan fingerprint density at radius 1 is 1.35 bits per heavy atom. The largest absolute Gasteiger partial charge is 0.229 e. The number of hydrogen-bond donors (Lipinski definition) is 0. The molecule has 0 amide bonds. The molecule has 0 spiro atoms. The van der Waals surface area contributed by atoms with Gasteiger partial charge in [0.2, 0.25) is 0 Å². The molecule has 17 heavy (non-hydrogen) atoms. The van der Waals surface area contributed by atoms with Crippen LogP contribution in [0, 0.1) is 5.92 Å². The van der Waals surface area contributed by atoms with E-state index < -0.39 is 9.84 Å². The molecule has 0 aromatic heterocycles. The quantitative estimate of drug-likeness (QED) is 0.792. The summed E-state index contributed by atoms with van der Waals surface area (Å²) in [5.41, 5.74) is 1.29. The van der Waals surface area contributed by atoms with Gasteiger partial charge in [-0.1, -0.05) is 18.2 Å². The fourth-order valence-corrected chi connectivity index (χ4v) is 4.87. The van der Waals surface area contributed by atoms with Crippen LogP contribution in [-0.4, -0.2) is 26.2 Å². The van der Waals surface area contributed by atoms with Crippen molar-refractivity contribution in [1.82, 2.24) is 0 Å². The molecule has 94 valence electrons. The third-order valence-corrected chi connectivity index (χ3v) is 5.99. The van der Waals surface area contributed by atoms with Crippen molar-refractivity contribution < 1.29 is 8.42 Å². The van der Waals surface area contributed by atoms with E-state index in [0.717, 1.165) is 19.3 Å². The summed E-state index contributed by atoms with van der Waals surface area (Å²) in [6.45, 7) is 0. The average Bonchev–Trinajstić information content (AvgIpc) is 2.28. The topological polar surface area (TPSA) is 34.1 Å². The maximum atomic E-state index is 11.6. The van der Waals surface area contributed by atoms with E-state index in [1.807, 2.05) is 12.1 Å². The molecule has 1 aromatic rings. The fourth-order valence-electron chi connectivity index (χ4n) is 2.46. The number of benzene rings is 1. The van der Waals surface area contributed by atoms with Crippen LogP contribution in [0.3, 0.4) is 0 Å². The van der Waals surface area contributed by atoms with Gasteiger partial charge in [0.05, 0.1) is 11.5 Å². The monoisotopic (exact) mass is 270 g/mol. The fraction of sp³-hybridized carbons (Fsp3) is 0.538. The predicted octanol–water partition coefficient (Wildman–Crippen LogP) is 2.78. The molecule has 1 fully saturated rings. The zero-order valence-electron chi connectivity index (χ0n) is 10.1. The van der Waals surface area contributed by atoms with Crippen LogP contribution in [-0.2, 0) is 16.3 Å². The minimum atomic E-state index is -2.78. The molecule has 0 N–H and O–H groups in total. The Bertz CT molecular complexity index is 480. The highest BCUT2D eigenvalue weighted by Gasteiger charge is 2.25. The highest BCUT2D eigenvalue weighted by molar-refractivity contribution is 7.98. The molecular weight excluding hydrogens is 252 g/mol. The first-order valence-electron chi connectivity index (χ1n) is 5.93. The maximum Gasteiger partial charge on any atom is 0.150 e. The molecule has 1 atom stereocenters. The van der Waals surface area contributed by atoms with Crippen LogP contribution >= 0.6 is 11.8 Å². The van der Waals surface area contributed by atoms with Crippen molar-refractivity contribution in [3.05, 3.63) is 29.8 Å². The second kappa shape index (κ2) is 5.44. The van der Waals surface area contributed by atoms with E-state index in [1.165, 1.54) is 10.5 Å². The Kier molecular flexibility index (Phi) is 4.15. The number of hydrogen-bond acceptors (Lipinski definition) is 3. The van der Waals surface area contributed by atoms with Gasteiger partial charge in [0, 0.05) is 4.90 Å². The minimum Gasteiger partial charge on any atom is -0.229 e. The lowest BCUT2D eigenvalue weighted by molar-refractivity contribution is 0.481. The summed E-state index contributed by atoms with van der Waals surface area (Å²) >= 11 is 1.73. The van der Waals surface area contributed by atoms with Crippen LogP contribution in [0.4, 0.5) is 0 Å². The van der Waals surface area contributed by atoms with E-state index in [9.17, 15) is 8.42 Å². The highest BCUT2D eigenvalue weighted by atomic mass is 32.2. The molecule has 0 radical (unpaired) electrons. The second-order valence-corrected chi connectivity index (χ2v) is 7.72. The van der Waals surface area contributed by atoms with Crippen LogP contribution in [0.1, 0.15) is 18.4 Å². The Labute approximate surface area is 108 Å². The third-order valence-electron chi connectivity index (χ3n) is 3.26. The lowest BCUT2D eigenvalue weighted by Crippen LogP contribution is -2.26. The van der Waals surface area contributed by atoms with Crippen molar-refractivity contribution in [2.45, 2.75) is 24.2 Å². The molecule has 0 aliphatic carbocycles. The van der Waals surface area contributed by atoms with Crippen LogP contribution in [0.5, 0.6) is 0 Å². The van der Waals surface area contributed by atoms with Crippen molar-refractivity contribution in [1.29, 1.82) is 0 Å². The van der Waals surface area contributed by atoms with E-state index in [4.69, 9.17) is 0 Å². The van der Waals surface area contributed by atoms with Crippen LogP contribution in [0.25, 0.3) is 0 Å². The van der Waals surface area contributed by atoms with Crippen LogP contribution < -0.4 is 0 Å². The first-order valence-corrected chi connectivity index (χ1v) is 8.97. The van der Waals surface area contributed by atoms with E-state index >= 15 is 0 Å². The molecule has 0 saturated carbocycles. The van der Waals surface area contributed by atoms with Gasteiger partial charge in [-0.15, -0.1) is 11.8 Å². The summed E-state index contributed by atoms with van der Waals surface area (Å²) in [6, 6.07) is 8.30. The van der Waals surface area contributed by atoms with Gasteiger partial charge in [0.1, 0.15) is 0 Å². The van der Waals surface area contributed by atoms with Gasteiger partial charge >= 0.3 is 0 Å². The number of sulfone groups is 1. The van der Waals surface area contributed by atoms with E-state index in [-0.39, 0.29) is 0 Å². The highest BCUT2D eigenvalue weighted by Crippen LogP contribution is 2.27. The molecule has 1 saturated heterocycles. The van der Waals surface area contributed by atoms with Gasteiger partial charge < -0.3 is 0 Å². The lowest BCUT2D eigenvalue weighted by Gasteiger charge is -2.22. The van der Waals surface area contributed by atoms with E-state index in [1.54, 1.807) is 11.8 Å². The Balaban J connectivity index is 2.10. The van der Waals surface area contributed by atoms with Gasteiger partial charge in [0.25, 0.3) is 0 Å². The van der Waals surface area contributed by atoms with Gasteiger partial charge in [-0.3, -0.25) is 0 Å². The van der Waals surface area contributed by atoms with Gasteiger partial charge in [-0.25, -0.2) is 8.42 Å². The van der Waals surface area contributed by atoms with Crippen molar-refractivity contribution in [2.24, 2.45) is 5.92 Å². The van der Waals surface area contributed by atoms with Crippen molar-refractivity contribution in [3.63, 3.8) is 0 Å². The van der Waals surface area contributed by atoms with Crippen LogP contribution in [0.15, 0.2) is 29.2 Å². The third kappa shape index (κ3) is 3.49. The minimum absolute atomic E-state index is 0.307. The first-order chi connectivity index (χ1) is 8.11. The van der Waals surface area contributed by atoms with Gasteiger partial charge in [0.15, 0.2) is 9.84 Å². The summed E-state index contributed by atoms with van der Waals surface area (Å²) < 4.78 is 23.2.